The van der Waals surface area contributed by atoms with E-state index < -0.39 is 0 Å². The minimum absolute atomic E-state index is 0.0992. The van der Waals surface area contributed by atoms with Crippen LogP contribution in [0, 0.1) is 5.41 Å². The molecule has 0 bridgehead atoms. The Morgan fingerprint density at radius 3 is 2.63 bits per heavy atom. The van der Waals surface area contributed by atoms with Crippen LogP contribution in [-0.4, -0.2) is 41.9 Å². The van der Waals surface area contributed by atoms with Crippen molar-refractivity contribution < 1.29 is 0 Å². The summed E-state index contributed by atoms with van der Waals surface area (Å²) < 4.78 is 1.98. The number of aryl methyl sites for hydroxylation is 1. The highest BCUT2D eigenvalue weighted by molar-refractivity contribution is 9.10. The quantitative estimate of drug-likeness (QED) is 0.867. The molecule has 0 fully saturated rings. The predicted molar refractivity (Wildman–Crippen MR) is 82.7 cm³/mol. The standard InChI is InChI=1S/C13H23BrN4O/c1-6-18-12(19)11(14)10(7-16-18)15-8-13(2,3)9-17(4)5/h7,15H,6,8-9H2,1-5H3. The van der Waals surface area contributed by atoms with Gasteiger partial charge in [-0.05, 0) is 42.4 Å². The zero-order valence-electron chi connectivity index (χ0n) is 12.3. The van der Waals surface area contributed by atoms with E-state index >= 15 is 0 Å². The number of anilines is 1. The highest BCUT2D eigenvalue weighted by Crippen LogP contribution is 2.21. The number of hydrogen-bond donors (Lipinski definition) is 1. The third-order valence-electron chi connectivity index (χ3n) is 2.79. The van der Waals surface area contributed by atoms with Crippen molar-refractivity contribution in [2.24, 2.45) is 5.41 Å². The molecule has 0 aliphatic carbocycles. The van der Waals surface area contributed by atoms with E-state index in [0.717, 1.165) is 18.8 Å². The molecule has 1 rings (SSSR count). The Morgan fingerprint density at radius 1 is 1.47 bits per heavy atom. The molecule has 0 unspecified atom stereocenters. The molecule has 0 aliphatic rings. The molecule has 0 radical (unpaired) electrons. The lowest BCUT2D eigenvalue weighted by Crippen LogP contribution is -2.35. The van der Waals surface area contributed by atoms with E-state index in [-0.39, 0.29) is 11.0 Å². The third-order valence-corrected chi connectivity index (χ3v) is 3.55. The van der Waals surface area contributed by atoms with Gasteiger partial charge in [0.25, 0.3) is 5.56 Å². The molecule has 1 heterocycles. The van der Waals surface area contributed by atoms with Crippen molar-refractivity contribution in [1.82, 2.24) is 14.7 Å². The van der Waals surface area contributed by atoms with Crippen molar-refractivity contribution in [3.05, 3.63) is 21.0 Å². The molecule has 5 nitrogen and oxygen atoms in total. The molecule has 1 aromatic heterocycles. The van der Waals surface area contributed by atoms with Crippen LogP contribution in [-0.2, 0) is 6.54 Å². The Morgan fingerprint density at radius 2 is 2.11 bits per heavy atom. The van der Waals surface area contributed by atoms with E-state index in [1.165, 1.54) is 4.68 Å². The predicted octanol–water partition coefficient (Wildman–Crippen LogP) is 2.03. The van der Waals surface area contributed by atoms with Crippen LogP contribution in [0.1, 0.15) is 20.8 Å². The van der Waals surface area contributed by atoms with E-state index in [0.29, 0.717) is 11.0 Å². The lowest BCUT2D eigenvalue weighted by atomic mass is 9.93. The smallest absolute Gasteiger partial charge is 0.283 e. The maximum absolute atomic E-state index is 11.9. The molecule has 1 aromatic rings. The van der Waals surface area contributed by atoms with Gasteiger partial charge >= 0.3 is 0 Å². The fourth-order valence-corrected chi connectivity index (χ4v) is 2.51. The summed E-state index contributed by atoms with van der Waals surface area (Å²) in [5, 5.41) is 7.42. The van der Waals surface area contributed by atoms with Gasteiger partial charge in [0.1, 0.15) is 4.47 Å². The van der Waals surface area contributed by atoms with Gasteiger partial charge in [0.05, 0.1) is 11.9 Å². The maximum atomic E-state index is 11.9. The summed E-state index contributed by atoms with van der Waals surface area (Å²) in [6, 6.07) is 0. The van der Waals surface area contributed by atoms with Crippen LogP contribution in [0.3, 0.4) is 0 Å². The van der Waals surface area contributed by atoms with E-state index in [1.807, 2.05) is 6.92 Å². The maximum Gasteiger partial charge on any atom is 0.283 e. The molecule has 0 saturated carbocycles. The van der Waals surface area contributed by atoms with E-state index in [9.17, 15) is 4.79 Å². The highest BCUT2D eigenvalue weighted by atomic mass is 79.9. The molecule has 0 aliphatic heterocycles. The zero-order valence-corrected chi connectivity index (χ0v) is 13.9. The molecule has 19 heavy (non-hydrogen) atoms. The third kappa shape index (κ3) is 4.62. The summed E-state index contributed by atoms with van der Waals surface area (Å²) in [6.07, 6.45) is 1.70. The first-order chi connectivity index (χ1) is 8.76. The summed E-state index contributed by atoms with van der Waals surface area (Å²) in [6.45, 7) is 8.60. The van der Waals surface area contributed by atoms with Crippen molar-refractivity contribution in [3.8, 4) is 0 Å². The molecule has 0 amide bonds. The first kappa shape index (κ1) is 16.2. The summed E-state index contributed by atoms with van der Waals surface area (Å²) in [5.74, 6) is 0. The lowest BCUT2D eigenvalue weighted by molar-refractivity contribution is 0.254. The average molecular weight is 331 g/mol. The first-order valence-corrected chi connectivity index (χ1v) is 7.20. The van der Waals surface area contributed by atoms with Gasteiger partial charge in [-0.1, -0.05) is 13.8 Å². The molecule has 1 N–H and O–H groups in total. The number of halogens is 1. The monoisotopic (exact) mass is 330 g/mol. The Bertz CT molecular complexity index is 482. The fourth-order valence-electron chi connectivity index (χ4n) is 2.06. The largest absolute Gasteiger partial charge is 0.382 e. The van der Waals surface area contributed by atoms with E-state index in [1.54, 1.807) is 6.20 Å². The topological polar surface area (TPSA) is 50.2 Å². The molecule has 0 atom stereocenters. The van der Waals surface area contributed by atoms with Crippen molar-refractivity contribution in [1.29, 1.82) is 0 Å². The zero-order chi connectivity index (χ0) is 14.6. The lowest BCUT2D eigenvalue weighted by Gasteiger charge is -2.29. The molecule has 0 saturated heterocycles. The SMILES string of the molecule is CCn1ncc(NCC(C)(C)CN(C)C)c(Br)c1=O. The number of nitrogens with one attached hydrogen (secondary N) is 1. The summed E-state index contributed by atoms with van der Waals surface area (Å²) in [5.41, 5.74) is 0.766. The summed E-state index contributed by atoms with van der Waals surface area (Å²) in [7, 11) is 4.11. The van der Waals surface area contributed by atoms with Crippen molar-refractivity contribution in [2.75, 3.05) is 32.5 Å². The Hall–Kier alpha value is -0.880. The van der Waals surface area contributed by atoms with Crippen molar-refractivity contribution >= 4 is 21.6 Å². The van der Waals surface area contributed by atoms with Gasteiger partial charge in [0.15, 0.2) is 0 Å². The van der Waals surface area contributed by atoms with Gasteiger partial charge in [0.2, 0.25) is 0 Å². The molecule has 0 spiro atoms. The molecule has 0 aromatic carbocycles. The summed E-state index contributed by atoms with van der Waals surface area (Å²) in [4.78, 5) is 14.1. The number of aromatic nitrogens is 2. The van der Waals surface area contributed by atoms with Gasteiger partial charge in [-0.15, -0.1) is 0 Å². The second-order valence-electron chi connectivity index (χ2n) is 5.75. The van der Waals surface area contributed by atoms with Crippen molar-refractivity contribution in [3.63, 3.8) is 0 Å². The minimum atomic E-state index is -0.0992. The van der Waals surface area contributed by atoms with Crippen LogP contribution < -0.4 is 10.9 Å². The number of hydrogen-bond acceptors (Lipinski definition) is 4. The Labute approximate surface area is 123 Å². The Balaban J connectivity index is 2.79. The van der Waals surface area contributed by atoms with Crippen LogP contribution in [0.5, 0.6) is 0 Å². The number of nitrogens with zero attached hydrogens (tertiary/aromatic N) is 3. The molecular weight excluding hydrogens is 308 g/mol. The van der Waals surface area contributed by atoms with Crippen LogP contribution in [0.25, 0.3) is 0 Å². The van der Waals surface area contributed by atoms with E-state index in [4.69, 9.17) is 0 Å². The van der Waals surface area contributed by atoms with Gasteiger partial charge in [0, 0.05) is 19.6 Å². The molecular formula is C13H23BrN4O. The van der Waals surface area contributed by atoms with Crippen LogP contribution in [0.4, 0.5) is 5.69 Å². The van der Waals surface area contributed by atoms with Crippen molar-refractivity contribution in [2.45, 2.75) is 27.3 Å². The number of rotatable bonds is 6. The minimum Gasteiger partial charge on any atom is -0.382 e. The molecule has 6 heteroatoms. The van der Waals surface area contributed by atoms with Crippen LogP contribution in [0.2, 0.25) is 0 Å². The molecule has 108 valence electrons. The van der Waals surface area contributed by atoms with E-state index in [2.05, 4.69) is 59.2 Å². The second-order valence-corrected chi connectivity index (χ2v) is 6.54. The average Bonchev–Trinajstić information content (AvgIpc) is 2.29. The Kier molecular flexibility index (Phi) is 5.55. The first-order valence-electron chi connectivity index (χ1n) is 6.41. The van der Waals surface area contributed by atoms with Gasteiger partial charge < -0.3 is 10.2 Å². The fraction of sp³-hybridized carbons (Fsp3) is 0.692. The van der Waals surface area contributed by atoms with Gasteiger partial charge in [-0.3, -0.25) is 4.79 Å². The van der Waals surface area contributed by atoms with Crippen LogP contribution in [0.15, 0.2) is 15.5 Å². The summed E-state index contributed by atoms with van der Waals surface area (Å²) >= 11 is 3.34. The van der Waals surface area contributed by atoms with Gasteiger partial charge in [-0.2, -0.15) is 5.10 Å². The normalized spacial score (nSPS) is 11.9. The van der Waals surface area contributed by atoms with Crippen LogP contribution >= 0.6 is 15.9 Å². The van der Waals surface area contributed by atoms with Gasteiger partial charge in [-0.25, -0.2) is 4.68 Å². The highest BCUT2D eigenvalue weighted by Gasteiger charge is 2.19. The second kappa shape index (κ2) is 6.52.